The normalized spacial score (nSPS) is 16.1. The number of aryl methyl sites for hydroxylation is 1. The van der Waals surface area contributed by atoms with Crippen LogP contribution in [0, 0.1) is 18.7 Å². The molecule has 1 atom stereocenters. The highest BCUT2D eigenvalue weighted by atomic mass is 19.1. The lowest BCUT2D eigenvalue weighted by atomic mass is 10.0. The molecule has 0 saturated heterocycles. The Labute approximate surface area is 119 Å². The van der Waals surface area contributed by atoms with Crippen LogP contribution in [0.4, 0.5) is 4.39 Å². The molecule has 1 aliphatic rings. The van der Waals surface area contributed by atoms with E-state index in [9.17, 15) is 4.39 Å². The van der Waals surface area contributed by atoms with Gasteiger partial charge in [-0.1, -0.05) is 42.5 Å². The molecule has 2 heteroatoms. The predicted molar refractivity (Wildman–Crippen MR) is 79.9 cm³/mol. The van der Waals surface area contributed by atoms with Gasteiger partial charge in [0.15, 0.2) is 0 Å². The summed E-state index contributed by atoms with van der Waals surface area (Å²) in [6.45, 7) is 2.60. The first-order valence-electron chi connectivity index (χ1n) is 7.27. The molecule has 0 heterocycles. The van der Waals surface area contributed by atoms with Crippen molar-refractivity contribution in [1.29, 1.82) is 0 Å². The fourth-order valence-electron chi connectivity index (χ4n) is 2.69. The number of hydrogen-bond acceptors (Lipinski definition) is 1. The van der Waals surface area contributed by atoms with E-state index >= 15 is 0 Å². The minimum atomic E-state index is -0.129. The van der Waals surface area contributed by atoms with Crippen LogP contribution < -0.4 is 5.32 Å². The molecular weight excluding hydrogens is 249 g/mol. The molecule has 2 aromatic carbocycles. The predicted octanol–water partition coefficient (Wildman–Crippen LogP) is 4.38. The van der Waals surface area contributed by atoms with Gasteiger partial charge in [0.2, 0.25) is 0 Å². The van der Waals surface area contributed by atoms with E-state index in [0.717, 1.165) is 18.0 Å². The van der Waals surface area contributed by atoms with E-state index in [4.69, 9.17) is 0 Å². The van der Waals surface area contributed by atoms with Crippen molar-refractivity contribution in [2.24, 2.45) is 5.92 Å². The van der Waals surface area contributed by atoms with Crippen LogP contribution in [0.3, 0.4) is 0 Å². The van der Waals surface area contributed by atoms with Crippen LogP contribution in [0.2, 0.25) is 0 Å². The van der Waals surface area contributed by atoms with Crippen LogP contribution >= 0.6 is 0 Å². The number of hydrogen-bond donors (Lipinski definition) is 1. The largest absolute Gasteiger partial charge is 0.306 e. The Morgan fingerprint density at radius 3 is 2.55 bits per heavy atom. The first-order chi connectivity index (χ1) is 9.74. The second-order valence-electron chi connectivity index (χ2n) is 5.69. The molecule has 2 aromatic rings. The van der Waals surface area contributed by atoms with Gasteiger partial charge in [-0.3, -0.25) is 0 Å². The van der Waals surface area contributed by atoms with E-state index in [0.29, 0.717) is 11.6 Å². The van der Waals surface area contributed by atoms with Gasteiger partial charge in [-0.25, -0.2) is 4.39 Å². The topological polar surface area (TPSA) is 12.0 Å². The molecule has 1 saturated carbocycles. The fraction of sp³-hybridized carbons (Fsp3) is 0.333. The van der Waals surface area contributed by atoms with Gasteiger partial charge in [0, 0.05) is 12.6 Å². The Balaban J connectivity index is 1.70. The lowest BCUT2D eigenvalue weighted by Gasteiger charge is -2.19. The molecular formula is C18H20FN. The molecule has 0 bridgehead atoms. The van der Waals surface area contributed by atoms with Gasteiger partial charge in [-0.15, -0.1) is 0 Å². The van der Waals surface area contributed by atoms with Crippen LogP contribution in [0.15, 0.2) is 48.5 Å². The first kappa shape index (κ1) is 13.3. The minimum absolute atomic E-state index is 0.129. The van der Waals surface area contributed by atoms with Crippen LogP contribution in [-0.2, 0) is 6.54 Å². The van der Waals surface area contributed by atoms with Crippen LogP contribution in [0.5, 0.6) is 0 Å². The second kappa shape index (κ2) is 5.76. The molecule has 3 rings (SSSR count). The summed E-state index contributed by atoms with van der Waals surface area (Å²) in [7, 11) is 0. The highest BCUT2D eigenvalue weighted by Crippen LogP contribution is 2.41. The smallest absolute Gasteiger partial charge is 0.126 e. The molecule has 0 aromatic heterocycles. The molecule has 1 unspecified atom stereocenters. The number of rotatable bonds is 5. The molecule has 1 N–H and O–H groups in total. The molecule has 0 radical (unpaired) electrons. The zero-order valence-corrected chi connectivity index (χ0v) is 11.8. The van der Waals surface area contributed by atoms with Gasteiger partial charge in [-0.2, -0.15) is 0 Å². The standard InChI is InChI=1S/C18H20FN/c1-13-11-14(7-10-17(13)19)12-20-18(16-8-9-16)15-5-3-2-4-6-15/h2-7,10-11,16,18,20H,8-9,12H2,1H3. The summed E-state index contributed by atoms with van der Waals surface area (Å²) in [5.41, 5.74) is 3.21. The monoisotopic (exact) mass is 269 g/mol. The Bertz CT molecular complexity index is 575. The van der Waals surface area contributed by atoms with Crippen molar-refractivity contribution in [2.45, 2.75) is 32.4 Å². The average Bonchev–Trinajstić information content (AvgIpc) is 3.29. The van der Waals surface area contributed by atoms with Crippen molar-refractivity contribution >= 4 is 0 Å². The lowest BCUT2D eigenvalue weighted by molar-refractivity contribution is 0.480. The third-order valence-electron chi connectivity index (χ3n) is 4.00. The number of nitrogens with one attached hydrogen (secondary N) is 1. The third kappa shape index (κ3) is 3.07. The van der Waals surface area contributed by atoms with E-state index in [1.54, 1.807) is 6.07 Å². The number of halogens is 1. The van der Waals surface area contributed by atoms with Gasteiger partial charge >= 0.3 is 0 Å². The Kier molecular flexibility index (Phi) is 3.83. The van der Waals surface area contributed by atoms with Gasteiger partial charge in [0.25, 0.3) is 0 Å². The molecule has 1 fully saturated rings. The van der Waals surface area contributed by atoms with Crippen LogP contribution in [-0.4, -0.2) is 0 Å². The van der Waals surface area contributed by atoms with Crippen molar-refractivity contribution in [3.05, 3.63) is 71.0 Å². The summed E-state index contributed by atoms with van der Waals surface area (Å²) in [4.78, 5) is 0. The van der Waals surface area contributed by atoms with Gasteiger partial charge in [0.1, 0.15) is 5.82 Å². The minimum Gasteiger partial charge on any atom is -0.306 e. The molecule has 1 nitrogen and oxygen atoms in total. The maximum absolute atomic E-state index is 13.3. The summed E-state index contributed by atoms with van der Waals surface area (Å²) in [5.74, 6) is 0.620. The molecule has 0 amide bonds. The van der Waals surface area contributed by atoms with E-state index in [1.807, 2.05) is 19.1 Å². The molecule has 0 spiro atoms. The zero-order valence-electron chi connectivity index (χ0n) is 11.8. The van der Waals surface area contributed by atoms with Gasteiger partial charge < -0.3 is 5.32 Å². The van der Waals surface area contributed by atoms with Crippen molar-refractivity contribution in [3.8, 4) is 0 Å². The van der Waals surface area contributed by atoms with Crippen molar-refractivity contribution in [2.75, 3.05) is 0 Å². The zero-order chi connectivity index (χ0) is 13.9. The van der Waals surface area contributed by atoms with Crippen molar-refractivity contribution in [3.63, 3.8) is 0 Å². The average molecular weight is 269 g/mol. The molecule has 20 heavy (non-hydrogen) atoms. The summed E-state index contributed by atoms with van der Waals surface area (Å²) < 4.78 is 13.3. The SMILES string of the molecule is Cc1cc(CNC(c2ccccc2)C2CC2)ccc1F. The van der Waals surface area contributed by atoms with Crippen LogP contribution in [0.1, 0.15) is 35.6 Å². The quantitative estimate of drug-likeness (QED) is 0.849. The van der Waals surface area contributed by atoms with E-state index < -0.39 is 0 Å². The lowest BCUT2D eigenvalue weighted by Crippen LogP contribution is -2.22. The number of benzene rings is 2. The first-order valence-corrected chi connectivity index (χ1v) is 7.27. The van der Waals surface area contributed by atoms with Gasteiger partial charge in [0.05, 0.1) is 0 Å². The summed E-state index contributed by atoms with van der Waals surface area (Å²) >= 11 is 0. The maximum atomic E-state index is 13.3. The fourth-order valence-corrected chi connectivity index (χ4v) is 2.69. The second-order valence-corrected chi connectivity index (χ2v) is 5.69. The van der Waals surface area contributed by atoms with Crippen molar-refractivity contribution < 1.29 is 4.39 Å². The summed E-state index contributed by atoms with van der Waals surface area (Å²) in [6.07, 6.45) is 2.60. The van der Waals surface area contributed by atoms with E-state index in [-0.39, 0.29) is 5.82 Å². The van der Waals surface area contributed by atoms with E-state index in [2.05, 4.69) is 35.6 Å². The van der Waals surface area contributed by atoms with E-state index in [1.165, 1.54) is 18.4 Å². The van der Waals surface area contributed by atoms with Crippen molar-refractivity contribution in [1.82, 2.24) is 5.32 Å². The van der Waals surface area contributed by atoms with Gasteiger partial charge in [-0.05, 0) is 48.4 Å². The third-order valence-corrected chi connectivity index (χ3v) is 4.00. The highest BCUT2D eigenvalue weighted by molar-refractivity contribution is 5.25. The van der Waals surface area contributed by atoms with Crippen LogP contribution in [0.25, 0.3) is 0 Å². The summed E-state index contributed by atoms with van der Waals surface area (Å²) in [6, 6.07) is 16.4. The maximum Gasteiger partial charge on any atom is 0.126 e. The highest BCUT2D eigenvalue weighted by Gasteiger charge is 2.31. The molecule has 1 aliphatic carbocycles. The Morgan fingerprint density at radius 2 is 1.90 bits per heavy atom. The molecule has 104 valence electrons. The summed E-state index contributed by atoms with van der Waals surface area (Å²) in [5, 5.41) is 3.64. The molecule has 0 aliphatic heterocycles. The Morgan fingerprint density at radius 1 is 1.15 bits per heavy atom. The Hall–Kier alpha value is -1.67.